The Morgan fingerprint density at radius 1 is 1.53 bits per heavy atom. The van der Waals surface area contributed by atoms with Crippen molar-refractivity contribution in [3.05, 3.63) is 22.7 Å². The van der Waals surface area contributed by atoms with Crippen LogP contribution in [0.2, 0.25) is 24.7 Å². The van der Waals surface area contributed by atoms with Gasteiger partial charge in [-0.05, 0) is 11.3 Å². The molecule has 1 aromatic rings. The summed E-state index contributed by atoms with van der Waals surface area (Å²) in [4.78, 5) is 14.0. The third kappa shape index (κ3) is 2.54. The van der Waals surface area contributed by atoms with Crippen LogP contribution >= 0.6 is 11.6 Å². The van der Waals surface area contributed by atoms with Gasteiger partial charge in [0.2, 0.25) is 5.95 Å². The minimum Gasteiger partial charge on any atom is -0.477 e. The molecule has 0 saturated carbocycles. The van der Waals surface area contributed by atoms with E-state index in [0.717, 1.165) is 0 Å². The van der Waals surface area contributed by atoms with Crippen molar-refractivity contribution >= 4 is 30.8 Å². The number of nitrogens with zero attached hydrogens (tertiary/aromatic N) is 1. The van der Waals surface area contributed by atoms with Gasteiger partial charge in [-0.15, -0.1) is 0 Å². The Labute approximate surface area is 92.9 Å². The molecular weight excluding hydrogens is 237 g/mol. The van der Waals surface area contributed by atoms with Crippen molar-refractivity contribution in [2.45, 2.75) is 19.6 Å². The fraction of sp³-hybridized carbons (Fsp3) is 0.333. The highest BCUT2D eigenvalue weighted by Crippen LogP contribution is 2.16. The fourth-order valence-electron chi connectivity index (χ4n) is 1.15. The Bertz CT molecular complexity index is 417. The molecule has 1 aromatic heterocycles. The number of hydrogen-bond acceptors (Lipinski definition) is 2. The SMILES string of the molecule is C[Si](C)(C)c1cc(C(=O)O)nc(F)c1Cl. The van der Waals surface area contributed by atoms with Crippen molar-refractivity contribution in [1.29, 1.82) is 0 Å². The van der Waals surface area contributed by atoms with E-state index in [2.05, 4.69) is 4.98 Å². The molecule has 6 heteroatoms. The van der Waals surface area contributed by atoms with Crippen LogP contribution in [0.5, 0.6) is 0 Å². The maximum Gasteiger partial charge on any atom is 0.354 e. The summed E-state index contributed by atoms with van der Waals surface area (Å²) >= 11 is 5.76. The molecule has 0 aromatic carbocycles. The van der Waals surface area contributed by atoms with E-state index in [4.69, 9.17) is 16.7 Å². The van der Waals surface area contributed by atoms with Crippen LogP contribution in [0.25, 0.3) is 0 Å². The van der Waals surface area contributed by atoms with Crippen molar-refractivity contribution < 1.29 is 14.3 Å². The van der Waals surface area contributed by atoms with Gasteiger partial charge >= 0.3 is 5.97 Å². The summed E-state index contributed by atoms with van der Waals surface area (Å²) in [5, 5.41) is 9.26. The summed E-state index contributed by atoms with van der Waals surface area (Å²) in [5.41, 5.74) is -0.297. The normalized spacial score (nSPS) is 11.5. The molecule has 0 saturated heterocycles. The van der Waals surface area contributed by atoms with Gasteiger partial charge in [-0.25, -0.2) is 9.78 Å². The van der Waals surface area contributed by atoms with Crippen molar-refractivity contribution in [1.82, 2.24) is 4.98 Å². The lowest BCUT2D eigenvalue weighted by molar-refractivity contribution is 0.0689. The highest BCUT2D eigenvalue weighted by atomic mass is 35.5. The molecule has 1 heterocycles. The van der Waals surface area contributed by atoms with E-state index in [9.17, 15) is 9.18 Å². The van der Waals surface area contributed by atoms with Crippen molar-refractivity contribution in [2.24, 2.45) is 0 Å². The Hall–Kier alpha value is -0.943. The van der Waals surface area contributed by atoms with E-state index >= 15 is 0 Å². The predicted octanol–water partition coefficient (Wildman–Crippen LogP) is 2.12. The van der Waals surface area contributed by atoms with E-state index < -0.39 is 20.0 Å². The van der Waals surface area contributed by atoms with Crippen LogP contribution in [0, 0.1) is 5.95 Å². The number of aromatic carboxylic acids is 1. The third-order valence-electron chi connectivity index (χ3n) is 1.94. The lowest BCUT2D eigenvalue weighted by atomic mass is 10.3. The molecule has 1 rings (SSSR count). The fourth-order valence-corrected chi connectivity index (χ4v) is 3.43. The van der Waals surface area contributed by atoms with Gasteiger partial charge in [-0.2, -0.15) is 4.39 Å². The van der Waals surface area contributed by atoms with Crippen LogP contribution in [0.1, 0.15) is 10.5 Å². The van der Waals surface area contributed by atoms with Crippen LogP contribution in [0.15, 0.2) is 6.07 Å². The summed E-state index contributed by atoms with van der Waals surface area (Å²) in [6.07, 6.45) is 0. The molecule has 0 radical (unpaired) electrons. The average molecular weight is 248 g/mol. The standard InChI is InChI=1S/C9H11ClFNO2Si/c1-15(2,3)6-4-5(9(13)14)12-8(11)7(6)10/h4H,1-3H3,(H,13,14). The summed E-state index contributed by atoms with van der Waals surface area (Å²) in [6, 6.07) is 1.36. The monoisotopic (exact) mass is 247 g/mol. The molecule has 15 heavy (non-hydrogen) atoms. The quantitative estimate of drug-likeness (QED) is 0.643. The van der Waals surface area contributed by atoms with Crippen molar-refractivity contribution in [3.63, 3.8) is 0 Å². The van der Waals surface area contributed by atoms with Crippen LogP contribution in [0.3, 0.4) is 0 Å². The number of carboxylic acids is 1. The van der Waals surface area contributed by atoms with Gasteiger partial charge in [0.15, 0.2) is 5.69 Å². The predicted molar refractivity (Wildman–Crippen MR) is 59.1 cm³/mol. The molecule has 0 fully saturated rings. The number of pyridine rings is 1. The van der Waals surface area contributed by atoms with Gasteiger partial charge in [0.05, 0.1) is 13.1 Å². The van der Waals surface area contributed by atoms with Crippen molar-refractivity contribution in [3.8, 4) is 0 Å². The Morgan fingerprint density at radius 2 is 2.07 bits per heavy atom. The average Bonchev–Trinajstić information content (AvgIpc) is 2.06. The number of aromatic nitrogens is 1. The van der Waals surface area contributed by atoms with Gasteiger partial charge in [0.25, 0.3) is 0 Å². The first-order valence-electron chi connectivity index (χ1n) is 4.33. The maximum atomic E-state index is 13.2. The topological polar surface area (TPSA) is 50.2 Å². The molecule has 0 bridgehead atoms. The first-order valence-corrected chi connectivity index (χ1v) is 8.21. The van der Waals surface area contributed by atoms with Gasteiger partial charge in [-0.3, -0.25) is 0 Å². The highest BCUT2D eigenvalue weighted by molar-refractivity contribution is 6.90. The van der Waals surface area contributed by atoms with E-state index in [0.29, 0.717) is 5.19 Å². The zero-order valence-corrected chi connectivity index (χ0v) is 10.4. The number of carboxylic acid groups (broad SMARTS) is 1. The van der Waals surface area contributed by atoms with E-state index in [1.807, 2.05) is 19.6 Å². The zero-order chi connectivity index (χ0) is 11.8. The molecule has 0 atom stereocenters. The van der Waals surface area contributed by atoms with Crippen LogP contribution in [-0.4, -0.2) is 24.1 Å². The van der Waals surface area contributed by atoms with Crippen LogP contribution in [-0.2, 0) is 0 Å². The number of hydrogen-bond donors (Lipinski definition) is 1. The number of rotatable bonds is 2. The van der Waals surface area contributed by atoms with Gasteiger partial charge in [0, 0.05) is 0 Å². The summed E-state index contributed by atoms with van der Waals surface area (Å²) in [6.45, 7) is 5.87. The number of carbonyl (C=O) groups is 1. The largest absolute Gasteiger partial charge is 0.477 e. The zero-order valence-electron chi connectivity index (χ0n) is 8.64. The minimum absolute atomic E-state index is 0.0563. The van der Waals surface area contributed by atoms with Gasteiger partial charge in [0.1, 0.15) is 0 Å². The maximum absolute atomic E-state index is 13.2. The Balaban J connectivity index is 3.45. The van der Waals surface area contributed by atoms with E-state index in [1.54, 1.807) is 0 Å². The third-order valence-corrected chi connectivity index (χ3v) is 4.47. The lowest BCUT2D eigenvalue weighted by Gasteiger charge is -2.18. The molecule has 0 spiro atoms. The summed E-state index contributed by atoms with van der Waals surface area (Å²) in [5.74, 6) is -2.15. The lowest BCUT2D eigenvalue weighted by Crippen LogP contribution is -2.39. The minimum atomic E-state index is -1.86. The molecular formula is C9H11ClFNO2Si. The second kappa shape index (κ2) is 3.90. The summed E-state index contributed by atoms with van der Waals surface area (Å²) in [7, 11) is -1.86. The Morgan fingerprint density at radius 3 is 2.47 bits per heavy atom. The molecule has 0 aliphatic rings. The van der Waals surface area contributed by atoms with Crippen LogP contribution in [0.4, 0.5) is 4.39 Å². The second-order valence-electron chi connectivity index (χ2n) is 4.22. The molecule has 1 N–H and O–H groups in total. The molecule has 0 amide bonds. The first kappa shape index (κ1) is 12.1. The van der Waals surface area contributed by atoms with Crippen molar-refractivity contribution in [2.75, 3.05) is 0 Å². The molecule has 82 valence electrons. The van der Waals surface area contributed by atoms with Crippen LogP contribution < -0.4 is 5.19 Å². The summed E-state index contributed by atoms with van der Waals surface area (Å²) < 4.78 is 13.2. The smallest absolute Gasteiger partial charge is 0.354 e. The second-order valence-corrected chi connectivity index (χ2v) is 9.63. The highest BCUT2D eigenvalue weighted by Gasteiger charge is 2.24. The Kier molecular flexibility index (Phi) is 3.15. The molecule has 0 aliphatic heterocycles. The van der Waals surface area contributed by atoms with E-state index in [1.165, 1.54) is 6.07 Å². The first-order chi connectivity index (χ1) is 6.73. The van der Waals surface area contributed by atoms with E-state index in [-0.39, 0.29) is 10.7 Å². The molecule has 0 unspecified atom stereocenters. The van der Waals surface area contributed by atoms with Gasteiger partial charge < -0.3 is 5.11 Å². The molecule has 3 nitrogen and oxygen atoms in total. The van der Waals surface area contributed by atoms with Gasteiger partial charge in [-0.1, -0.05) is 31.2 Å². The number of halogens is 2. The molecule has 0 aliphatic carbocycles.